The Morgan fingerprint density at radius 3 is 3.00 bits per heavy atom. The van der Waals surface area contributed by atoms with E-state index in [-0.39, 0.29) is 6.04 Å². The molecule has 80 valence electrons. The largest absolute Gasteiger partial charge is 0.317 e. The van der Waals surface area contributed by atoms with E-state index in [1.807, 2.05) is 29.6 Å². The zero-order valence-corrected chi connectivity index (χ0v) is 9.13. The maximum absolute atomic E-state index is 6.12. The van der Waals surface area contributed by atoms with E-state index in [0.29, 0.717) is 11.5 Å². The summed E-state index contributed by atoms with van der Waals surface area (Å²) in [6.07, 6.45) is 1.70. The minimum absolute atomic E-state index is 0.273. The first kappa shape index (κ1) is 9.44. The first-order valence-electron chi connectivity index (χ1n) is 4.81. The predicted octanol–water partition coefficient (Wildman–Crippen LogP) is 1.23. The van der Waals surface area contributed by atoms with Gasteiger partial charge in [-0.25, -0.2) is 0 Å². The monoisotopic (exact) mass is 231 g/mol. The first-order valence-corrected chi connectivity index (χ1v) is 5.69. The Labute approximate surface area is 95.5 Å². The maximum Gasteiger partial charge on any atom is 0.177 e. The molecule has 0 aliphatic heterocycles. The van der Waals surface area contributed by atoms with Crippen LogP contribution < -0.4 is 5.73 Å². The van der Waals surface area contributed by atoms with Crippen LogP contribution in [0.2, 0.25) is 0 Å². The lowest BCUT2D eigenvalue weighted by Crippen LogP contribution is -2.15. The molecule has 0 spiro atoms. The molecular formula is C10H9N5S. The number of aromatic nitrogens is 4. The summed E-state index contributed by atoms with van der Waals surface area (Å²) in [6, 6.07) is 7.36. The van der Waals surface area contributed by atoms with Gasteiger partial charge in [-0.2, -0.15) is 9.61 Å². The lowest BCUT2D eigenvalue weighted by molar-refractivity contribution is 0.736. The van der Waals surface area contributed by atoms with Gasteiger partial charge in [0.1, 0.15) is 6.04 Å². The van der Waals surface area contributed by atoms with Gasteiger partial charge in [0, 0.05) is 11.1 Å². The van der Waals surface area contributed by atoms with Crippen LogP contribution in [0.15, 0.2) is 35.8 Å². The molecule has 6 heteroatoms. The number of fused-ring (bicyclic) bond motifs is 1. The van der Waals surface area contributed by atoms with Crippen molar-refractivity contribution < 1.29 is 0 Å². The summed E-state index contributed by atoms with van der Waals surface area (Å²) >= 11 is 1.60. The minimum atomic E-state index is -0.273. The zero-order chi connectivity index (χ0) is 11.0. The van der Waals surface area contributed by atoms with Gasteiger partial charge in [0.05, 0.1) is 0 Å². The van der Waals surface area contributed by atoms with Crippen molar-refractivity contribution >= 4 is 17.0 Å². The average Bonchev–Trinajstić information content (AvgIpc) is 2.98. The number of nitrogens with zero attached hydrogens (tertiary/aromatic N) is 4. The van der Waals surface area contributed by atoms with E-state index >= 15 is 0 Å². The topological polar surface area (TPSA) is 69.1 Å². The van der Waals surface area contributed by atoms with Crippen molar-refractivity contribution in [1.82, 2.24) is 19.8 Å². The van der Waals surface area contributed by atoms with Gasteiger partial charge in [-0.15, -0.1) is 21.5 Å². The van der Waals surface area contributed by atoms with Gasteiger partial charge < -0.3 is 5.73 Å². The molecule has 0 saturated carbocycles. The van der Waals surface area contributed by atoms with Crippen LogP contribution >= 0.6 is 11.3 Å². The summed E-state index contributed by atoms with van der Waals surface area (Å²) in [7, 11) is 0. The highest BCUT2D eigenvalue weighted by Gasteiger charge is 2.17. The average molecular weight is 231 g/mol. The van der Waals surface area contributed by atoms with E-state index in [1.165, 1.54) is 0 Å². The maximum atomic E-state index is 6.12. The molecule has 0 amide bonds. The van der Waals surface area contributed by atoms with E-state index in [2.05, 4.69) is 15.3 Å². The Morgan fingerprint density at radius 2 is 2.19 bits per heavy atom. The van der Waals surface area contributed by atoms with Crippen molar-refractivity contribution in [2.75, 3.05) is 0 Å². The molecule has 0 aliphatic rings. The minimum Gasteiger partial charge on any atom is -0.317 e. The van der Waals surface area contributed by atoms with Gasteiger partial charge in [-0.3, -0.25) is 0 Å². The molecule has 3 aromatic rings. The molecule has 0 saturated heterocycles. The molecule has 16 heavy (non-hydrogen) atoms. The van der Waals surface area contributed by atoms with E-state index in [1.54, 1.807) is 22.0 Å². The fourth-order valence-corrected chi connectivity index (χ4v) is 2.27. The lowest BCUT2D eigenvalue weighted by Gasteiger charge is -2.05. The molecular weight excluding hydrogens is 222 g/mol. The van der Waals surface area contributed by atoms with Crippen LogP contribution in [0.1, 0.15) is 16.7 Å². The van der Waals surface area contributed by atoms with Crippen molar-refractivity contribution in [2.24, 2.45) is 5.73 Å². The zero-order valence-electron chi connectivity index (χ0n) is 8.32. The SMILES string of the molecule is NC(c1cccs1)c1nnc2cccnn12. The van der Waals surface area contributed by atoms with Crippen molar-refractivity contribution in [1.29, 1.82) is 0 Å². The molecule has 1 unspecified atom stereocenters. The summed E-state index contributed by atoms with van der Waals surface area (Å²) in [5.41, 5.74) is 6.83. The second-order valence-corrected chi connectivity index (χ2v) is 4.32. The van der Waals surface area contributed by atoms with Crippen LogP contribution in [0.4, 0.5) is 0 Å². The van der Waals surface area contributed by atoms with E-state index in [9.17, 15) is 0 Å². The first-order chi connectivity index (χ1) is 7.86. The third-order valence-electron chi connectivity index (χ3n) is 2.33. The molecule has 0 bridgehead atoms. The second kappa shape index (κ2) is 3.66. The molecule has 3 heterocycles. The fraction of sp³-hybridized carbons (Fsp3) is 0.100. The van der Waals surface area contributed by atoms with Crippen LogP contribution in [0.5, 0.6) is 0 Å². The molecule has 1 atom stereocenters. The number of hydrogen-bond acceptors (Lipinski definition) is 5. The van der Waals surface area contributed by atoms with Gasteiger partial charge >= 0.3 is 0 Å². The normalized spacial score (nSPS) is 13.1. The third kappa shape index (κ3) is 1.39. The Kier molecular flexibility index (Phi) is 2.16. The molecule has 2 N–H and O–H groups in total. The predicted molar refractivity (Wildman–Crippen MR) is 61.1 cm³/mol. The van der Waals surface area contributed by atoms with Crippen LogP contribution in [0.3, 0.4) is 0 Å². The quantitative estimate of drug-likeness (QED) is 0.720. The van der Waals surface area contributed by atoms with Gasteiger partial charge in [0.15, 0.2) is 11.5 Å². The highest BCUT2D eigenvalue weighted by Crippen LogP contribution is 2.22. The Hall–Kier alpha value is -1.79. The van der Waals surface area contributed by atoms with E-state index in [0.717, 1.165) is 4.88 Å². The summed E-state index contributed by atoms with van der Waals surface area (Å²) in [5.74, 6) is 0.665. The van der Waals surface area contributed by atoms with Gasteiger partial charge in [0.25, 0.3) is 0 Å². The second-order valence-electron chi connectivity index (χ2n) is 3.34. The van der Waals surface area contributed by atoms with Gasteiger partial charge in [-0.05, 0) is 23.6 Å². The standard InChI is InChI=1S/C10H9N5S/c11-9(7-3-2-6-16-7)10-14-13-8-4-1-5-12-15(8)10/h1-6,9H,11H2. The third-order valence-corrected chi connectivity index (χ3v) is 3.29. The van der Waals surface area contributed by atoms with Crippen LogP contribution in [0.25, 0.3) is 5.65 Å². The summed E-state index contributed by atoms with van der Waals surface area (Å²) in [6.45, 7) is 0. The molecule has 0 aromatic carbocycles. The van der Waals surface area contributed by atoms with E-state index in [4.69, 9.17) is 5.73 Å². The van der Waals surface area contributed by atoms with E-state index < -0.39 is 0 Å². The van der Waals surface area contributed by atoms with Gasteiger partial charge in [-0.1, -0.05) is 6.07 Å². The Morgan fingerprint density at radius 1 is 1.25 bits per heavy atom. The number of thiophene rings is 1. The lowest BCUT2D eigenvalue weighted by atomic mass is 10.2. The van der Waals surface area contributed by atoms with Crippen LogP contribution in [-0.2, 0) is 0 Å². The molecule has 5 nitrogen and oxygen atoms in total. The number of nitrogens with two attached hydrogens (primary N) is 1. The van der Waals surface area contributed by atoms with Gasteiger partial charge in [0.2, 0.25) is 0 Å². The van der Waals surface area contributed by atoms with Crippen LogP contribution in [0, 0.1) is 0 Å². The summed E-state index contributed by atoms with van der Waals surface area (Å²) in [4.78, 5) is 1.06. The highest BCUT2D eigenvalue weighted by atomic mass is 32.1. The van der Waals surface area contributed by atoms with Crippen molar-refractivity contribution in [3.63, 3.8) is 0 Å². The van der Waals surface area contributed by atoms with Crippen molar-refractivity contribution in [3.8, 4) is 0 Å². The molecule has 0 fully saturated rings. The summed E-state index contributed by atoms with van der Waals surface area (Å²) < 4.78 is 1.67. The molecule has 3 aromatic heterocycles. The Bertz CT molecular complexity index is 600. The molecule has 0 radical (unpaired) electrons. The Balaban J connectivity index is 2.12. The van der Waals surface area contributed by atoms with Crippen LogP contribution in [-0.4, -0.2) is 19.8 Å². The summed E-state index contributed by atoms with van der Waals surface area (Å²) in [5, 5.41) is 14.3. The smallest absolute Gasteiger partial charge is 0.177 e. The van der Waals surface area contributed by atoms with Crippen molar-refractivity contribution in [2.45, 2.75) is 6.04 Å². The highest BCUT2D eigenvalue weighted by molar-refractivity contribution is 7.10. The number of rotatable bonds is 2. The molecule has 3 rings (SSSR count). The number of hydrogen-bond donors (Lipinski definition) is 1. The molecule has 0 aliphatic carbocycles. The van der Waals surface area contributed by atoms with Crippen molar-refractivity contribution in [3.05, 3.63) is 46.5 Å². The fourth-order valence-electron chi connectivity index (χ4n) is 1.55.